The van der Waals surface area contributed by atoms with Crippen LogP contribution < -0.4 is 14.4 Å². The number of aliphatic hydroxyl groups is 1. The molecule has 2 N–H and O–H groups in total. The summed E-state index contributed by atoms with van der Waals surface area (Å²) in [6.45, 7) is 5.29. The fourth-order valence-electron chi connectivity index (χ4n) is 7.91. The van der Waals surface area contributed by atoms with Crippen LogP contribution in [0.4, 0.5) is 5.69 Å². The predicted octanol–water partition coefficient (Wildman–Crippen LogP) is 5.65. The smallest absolute Gasteiger partial charge is 0.264 e. The Balaban J connectivity index is 1.47. The van der Waals surface area contributed by atoms with Crippen LogP contribution in [0.1, 0.15) is 73.9 Å². The van der Waals surface area contributed by atoms with Gasteiger partial charge in [-0.25, -0.2) is 13.1 Å². The number of hydrogen-bond acceptors (Lipinski definition) is 7. The fraction of sp³-hybridized carbons (Fsp3) is 0.541. The van der Waals surface area contributed by atoms with Crippen LogP contribution >= 0.6 is 11.6 Å². The number of aliphatic hydroxyl groups excluding tert-OH is 1. The molecular weight excluding hydrogens is 636 g/mol. The van der Waals surface area contributed by atoms with Crippen molar-refractivity contribution in [3.63, 3.8) is 0 Å². The van der Waals surface area contributed by atoms with Gasteiger partial charge < -0.3 is 19.5 Å². The molecule has 4 aliphatic rings. The maximum absolute atomic E-state index is 13.5. The van der Waals surface area contributed by atoms with Gasteiger partial charge in [0.25, 0.3) is 5.91 Å². The van der Waals surface area contributed by atoms with Gasteiger partial charge in [-0.15, -0.1) is 0 Å². The highest BCUT2D eigenvalue weighted by atomic mass is 35.5. The van der Waals surface area contributed by atoms with E-state index in [0.717, 1.165) is 42.8 Å². The molecule has 1 saturated carbocycles. The first-order chi connectivity index (χ1) is 22.5. The molecule has 0 saturated heterocycles. The maximum atomic E-state index is 13.5. The highest BCUT2D eigenvalue weighted by Gasteiger charge is 2.48. The summed E-state index contributed by atoms with van der Waals surface area (Å²) in [6.07, 6.45) is 9.59. The number of benzene rings is 2. The van der Waals surface area contributed by atoms with Gasteiger partial charge in [-0.2, -0.15) is 0 Å². The van der Waals surface area contributed by atoms with Gasteiger partial charge in [0.15, 0.2) is 0 Å². The van der Waals surface area contributed by atoms with Crippen LogP contribution in [0.3, 0.4) is 0 Å². The molecule has 10 heteroatoms. The largest absolute Gasteiger partial charge is 0.490 e. The lowest BCUT2D eigenvalue weighted by Crippen LogP contribution is -2.52. The topological polar surface area (TPSA) is 105 Å². The van der Waals surface area contributed by atoms with Crippen molar-refractivity contribution in [1.82, 2.24) is 4.72 Å². The third-order valence-electron chi connectivity index (χ3n) is 11.0. The van der Waals surface area contributed by atoms with Crippen LogP contribution in [0, 0.1) is 29.6 Å². The molecule has 2 bridgehead atoms. The third-order valence-corrected chi connectivity index (χ3v) is 13.1. The van der Waals surface area contributed by atoms with Crippen molar-refractivity contribution in [3.05, 3.63) is 70.3 Å². The molecule has 47 heavy (non-hydrogen) atoms. The Morgan fingerprint density at radius 1 is 1.19 bits per heavy atom. The van der Waals surface area contributed by atoms with Crippen LogP contribution in [0.2, 0.25) is 5.02 Å². The number of allylic oxidation sites excluding steroid dienone is 1. The number of ether oxygens (including phenoxy) is 2. The lowest BCUT2D eigenvalue weighted by Gasteiger charge is -2.48. The molecule has 2 aromatic carbocycles. The number of rotatable bonds is 2. The SMILES string of the molecule is CO[C@@]1(C#CCCO)/C=C/C[C@H](C)[C@@H](C)S(=O)(=O)NC(=O)c2ccc3c(c2)N(C[C@@H]2CC[C@H]21)C[C@@]1(CCCc2cc(Cl)ccc21)CO3. The number of anilines is 1. The molecule has 0 radical (unpaired) electrons. The molecule has 6 atom stereocenters. The number of sulfonamides is 1. The summed E-state index contributed by atoms with van der Waals surface area (Å²) in [4.78, 5) is 15.8. The summed E-state index contributed by atoms with van der Waals surface area (Å²) < 4.78 is 42.0. The van der Waals surface area contributed by atoms with Crippen LogP contribution in [-0.4, -0.2) is 63.7 Å². The molecule has 1 amide bonds. The van der Waals surface area contributed by atoms with E-state index in [-0.39, 0.29) is 35.3 Å². The number of carbonyl (C=O) groups excluding carboxylic acids is 1. The second-order valence-electron chi connectivity index (χ2n) is 13.8. The molecule has 2 aliphatic heterocycles. The summed E-state index contributed by atoms with van der Waals surface area (Å²) in [6, 6.07) is 11.4. The number of fused-ring (bicyclic) bond motifs is 4. The quantitative estimate of drug-likeness (QED) is 0.312. The molecule has 8 nitrogen and oxygen atoms in total. The molecule has 1 fully saturated rings. The van der Waals surface area contributed by atoms with Crippen molar-refractivity contribution < 1.29 is 27.8 Å². The number of nitrogens with one attached hydrogen (secondary N) is 1. The number of nitrogens with zero attached hydrogens (tertiary/aromatic N) is 1. The Morgan fingerprint density at radius 3 is 2.77 bits per heavy atom. The van der Waals surface area contributed by atoms with Crippen molar-refractivity contribution in [2.75, 3.05) is 38.3 Å². The highest BCUT2D eigenvalue weighted by molar-refractivity contribution is 7.90. The van der Waals surface area contributed by atoms with Gasteiger partial charge in [-0.05, 0) is 105 Å². The van der Waals surface area contributed by atoms with Crippen molar-refractivity contribution in [3.8, 4) is 17.6 Å². The number of hydrogen-bond donors (Lipinski definition) is 2. The molecule has 0 unspecified atom stereocenters. The first-order valence-electron chi connectivity index (χ1n) is 16.7. The van der Waals surface area contributed by atoms with E-state index in [1.54, 1.807) is 32.2 Å². The maximum Gasteiger partial charge on any atom is 0.264 e. The molecule has 0 aromatic heterocycles. The minimum atomic E-state index is -3.97. The summed E-state index contributed by atoms with van der Waals surface area (Å²) >= 11 is 6.44. The second-order valence-corrected chi connectivity index (χ2v) is 16.3. The summed E-state index contributed by atoms with van der Waals surface area (Å²) in [5.41, 5.74) is 2.35. The minimum absolute atomic E-state index is 0.0373. The Bertz CT molecular complexity index is 1720. The van der Waals surface area contributed by atoms with Gasteiger partial charge in [0, 0.05) is 48.5 Å². The van der Waals surface area contributed by atoms with E-state index in [4.69, 9.17) is 21.1 Å². The van der Waals surface area contributed by atoms with Crippen LogP contribution in [-0.2, 0) is 26.6 Å². The van der Waals surface area contributed by atoms with Gasteiger partial charge in [-0.1, -0.05) is 42.5 Å². The molecule has 252 valence electrons. The summed E-state index contributed by atoms with van der Waals surface area (Å²) in [5, 5.41) is 9.40. The van der Waals surface area contributed by atoms with E-state index in [1.807, 2.05) is 25.1 Å². The highest BCUT2D eigenvalue weighted by Crippen LogP contribution is 2.49. The van der Waals surface area contributed by atoms with Crippen molar-refractivity contribution >= 4 is 33.2 Å². The Morgan fingerprint density at radius 2 is 2.02 bits per heavy atom. The van der Waals surface area contributed by atoms with Gasteiger partial charge in [-0.3, -0.25) is 4.79 Å². The lowest BCUT2D eigenvalue weighted by molar-refractivity contribution is -0.0351. The average Bonchev–Trinajstić information content (AvgIpc) is 3.18. The van der Waals surface area contributed by atoms with Gasteiger partial charge in [0.1, 0.15) is 11.4 Å². The van der Waals surface area contributed by atoms with E-state index in [1.165, 1.54) is 11.1 Å². The van der Waals surface area contributed by atoms with Gasteiger partial charge in [0.2, 0.25) is 10.0 Å². The van der Waals surface area contributed by atoms with Crippen molar-refractivity contribution in [1.29, 1.82) is 0 Å². The molecular formula is C37H45ClN2O6S. The van der Waals surface area contributed by atoms with Crippen molar-refractivity contribution in [2.24, 2.45) is 17.8 Å². The van der Waals surface area contributed by atoms with Crippen LogP contribution in [0.5, 0.6) is 5.75 Å². The van der Waals surface area contributed by atoms with Crippen LogP contribution in [0.25, 0.3) is 0 Å². The Kier molecular flexibility index (Phi) is 9.70. The lowest BCUT2D eigenvalue weighted by atomic mass is 9.64. The minimum Gasteiger partial charge on any atom is -0.490 e. The van der Waals surface area contributed by atoms with E-state index in [9.17, 15) is 18.3 Å². The Labute approximate surface area is 283 Å². The monoisotopic (exact) mass is 680 g/mol. The zero-order valence-corrected chi connectivity index (χ0v) is 29.0. The average molecular weight is 681 g/mol. The molecule has 2 heterocycles. The Hall–Kier alpha value is -3.03. The number of aryl methyl sites for hydroxylation is 1. The summed E-state index contributed by atoms with van der Waals surface area (Å²) in [5.74, 6) is 6.54. The molecule has 2 aromatic rings. The number of carbonyl (C=O) groups is 1. The van der Waals surface area contributed by atoms with E-state index in [2.05, 4.69) is 33.6 Å². The molecule has 6 rings (SSSR count). The van der Waals surface area contributed by atoms with E-state index >= 15 is 0 Å². The zero-order valence-electron chi connectivity index (χ0n) is 27.4. The predicted molar refractivity (Wildman–Crippen MR) is 184 cm³/mol. The second kappa shape index (κ2) is 13.5. The van der Waals surface area contributed by atoms with Crippen molar-refractivity contribution in [2.45, 2.75) is 75.1 Å². The van der Waals surface area contributed by atoms with E-state index in [0.29, 0.717) is 38.3 Å². The van der Waals surface area contributed by atoms with Gasteiger partial charge >= 0.3 is 0 Å². The van der Waals surface area contributed by atoms with E-state index < -0.39 is 26.8 Å². The fourth-order valence-corrected chi connectivity index (χ4v) is 9.39. The number of methoxy groups -OCH3 is 1. The number of halogens is 1. The normalized spacial score (nSPS) is 32.3. The number of amides is 1. The van der Waals surface area contributed by atoms with Crippen LogP contribution in [0.15, 0.2) is 48.6 Å². The third kappa shape index (κ3) is 6.55. The zero-order chi connectivity index (χ0) is 33.4. The van der Waals surface area contributed by atoms with Gasteiger partial charge in [0.05, 0.1) is 24.2 Å². The first kappa shape index (κ1) is 33.9. The summed E-state index contributed by atoms with van der Waals surface area (Å²) in [7, 11) is -2.29. The standard InChI is InChI=1S/C37H45ClN2O6S/c1-25-8-6-18-37(45-3,17-4-5-19-41)32-13-10-29(32)22-40-23-36(16-7-9-27-20-30(38)12-14-31(27)36)24-46-34-15-11-28(21-33(34)40)35(42)39-47(43,44)26(25)2/h6,11-12,14-15,18,20-21,25-26,29,32,41H,5,7-10,13,16,19,22-24H2,1-3H3,(H,39,42)/b18-6+/t25-,26+,29-,32+,36-,37-/m0/s1. The first-order valence-corrected chi connectivity index (χ1v) is 18.6. The molecule has 2 aliphatic carbocycles. The molecule has 1 spiro atoms.